The molecule has 0 aromatic carbocycles. The van der Waals surface area contributed by atoms with Gasteiger partial charge in [0.2, 0.25) is 0 Å². The number of anilines is 2. The monoisotopic (exact) mass is 166 g/mol. The third-order valence-electron chi connectivity index (χ3n) is 1.69. The Labute approximate surface area is 72.2 Å². The van der Waals surface area contributed by atoms with Gasteiger partial charge in [0.25, 0.3) is 0 Å². The minimum Gasteiger partial charge on any atom is -0.384 e. The van der Waals surface area contributed by atoms with Crippen LogP contribution in [0, 0.1) is 0 Å². The highest BCUT2D eigenvalue weighted by Gasteiger charge is 1.99. The zero-order valence-electron chi connectivity index (χ0n) is 7.41. The van der Waals surface area contributed by atoms with Crippen LogP contribution in [0.4, 0.5) is 11.6 Å². The highest BCUT2D eigenvalue weighted by atomic mass is 15.0. The second-order valence-electron chi connectivity index (χ2n) is 2.78. The molecule has 0 radical (unpaired) electrons. The fourth-order valence-corrected chi connectivity index (χ4v) is 0.806. The van der Waals surface area contributed by atoms with Gasteiger partial charge in [0.15, 0.2) is 0 Å². The molecule has 0 fully saturated rings. The molecule has 1 heterocycles. The van der Waals surface area contributed by atoms with Crippen molar-refractivity contribution in [1.82, 2.24) is 9.97 Å². The molecule has 12 heavy (non-hydrogen) atoms. The molecule has 0 aliphatic heterocycles. The van der Waals surface area contributed by atoms with Gasteiger partial charge >= 0.3 is 0 Å². The van der Waals surface area contributed by atoms with Gasteiger partial charge in [-0.05, 0) is 13.3 Å². The number of rotatable bonds is 3. The van der Waals surface area contributed by atoms with Crippen LogP contribution in [0.5, 0.6) is 0 Å². The van der Waals surface area contributed by atoms with Crippen LogP contribution in [-0.4, -0.2) is 16.0 Å². The Morgan fingerprint density at radius 1 is 1.58 bits per heavy atom. The Balaban J connectivity index is 2.63. The van der Waals surface area contributed by atoms with E-state index in [4.69, 9.17) is 5.73 Å². The molecular formula is C8H14N4. The number of nitrogen functional groups attached to an aromatic ring is 1. The predicted molar refractivity (Wildman–Crippen MR) is 49.8 cm³/mol. The van der Waals surface area contributed by atoms with Crippen molar-refractivity contribution < 1.29 is 0 Å². The van der Waals surface area contributed by atoms with Gasteiger partial charge in [0, 0.05) is 12.1 Å². The van der Waals surface area contributed by atoms with E-state index >= 15 is 0 Å². The summed E-state index contributed by atoms with van der Waals surface area (Å²) in [5.74, 6) is 1.28. The van der Waals surface area contributed by atoms with E-state index in [-0.39, 0.29) is 0 Å². The molecule has 1 aromatic heterocycles. The summed E-state index contributed by atoms with van der Waals surface area (Å²) in [5, 5.41) is 3.20. The van der Waals surface area contributed by atoms with E-state index in [9.17, 15) is 0 Å². The summed E-state index contributed by atoms with van der Waals surface area (Å²) in [5.41, 5.74) is 5.48. The maximum absolute atomic E-state index is 5.48. The van der Waals surface area contributed by atoms with Gasteiger partial charge in [0.1, 0.15) is 18.0 Å². The average Bonchev–Trinajstić information content (AvgIpc) is 2.04. The average molecular weight is 166 g/mol. The summed E-state index contributed by atoms with van der Waals surface area (Å²) in [6, 6.07) is 2.14. The van der Waals surface area contributed by atoms with Crippen molar-refractivity contribution in [2.75, 3.05) is 11.1 Å². The zero-order valence-corrected chi connectivity index (χ0v) is 7.41. The second-order valence-corrected chi connectivity index (χ2v) is 2.78. The van der Waals surface area contributed by atoms with Gasteiger partial charge in [-0.2, -0.15) is 0 Å². The molecule has 0 bridgehead atoms. The van der Waals surface area contributed by atoms with Crippen LogP contribution in [0.15, 0.2) is 12.4 Å². The summed E-state index contributed by atoms with van der Waals surface area (Å²) >= 11 is 0. The maximum Gasteiger partial charge on any atom is 0.131 e. The molecule has 66 valence electrons. The molecule has 4 nitrogen and oxygen atoms in total. The van der Waals surface area contributed by atoms with Crippen molar-refractivity contribution in [3.8, 4) is 0 Å². The van der Waals surface area contributed by atoms with Crippen molar-refractivity contribution in [3.05, 3.63) is 12.4 Å². The van der Waals surface area contributed by atoms with Crippen molar-refractivity contribution >= 4 is 11.6 Å². The van der Waals surface area contributed by atoms with E-state index in [1.165, 1.54) is 6.33 Å². The van der Waals surface area contributed by atoms with Crippen LogP contribution < -0.4 is 11.1 Å². The minimum atomic E-state index is 0.416. The lowest BCUT2D eigenvalue weighted by Gasteiger charge is -2.11. The highest BCUT2D eigenvalue weighted by Crippen LogP contribution is 2.07. The molecule has 0 saturated carbocycles. The van der Waals surface area contributed by atoms with E-state index in [2.05, 4.69) is 29.1 Å². The summed E-state index contributed by atoms with van der Waals surface area (Å²) in [6.45, 7) is 4.21. The SMILES string of the molecule is CC[C@H](C)Nc1cc(N)ncn1. The minimum absolute atomic E-state index is 0.416. The lowest BCUT2D eigenvalue weighted by Crippen LogP contribution is -2.14. The molecule has 0 saturated heterocycles. The van der Waals surface area contributed by atoms with Gasteiger partial charge < -0.3 is 11.1 Å². The molecule has 0 aliphatic rings. The highest BCUT2D eigenvalue weighted by molar-refractivity contribution is 5.43. The van der Waals surface area contributed by atoms with E-state index in [0.717, 1.165) is 12.2 Å². The Kier molecular flexibility index (Phi) is 2.85. The summed E-state index contributed by atoms with van der Waals surface area (Å²) in [4.78, 5) is 7.82. The molecule has 0 unspecified atom stereocenters. The summed E-state index contributed by atoms with van der Waals surface area (Å²) in [7, 11) is 0. The van der Waals surface area contributed by atoms with Crippen LogP contribution in [0.25, 0.3) is 0 Å². The number of hydrogen-bond acceptors (Lipinski definition) is 4. The lowest BCUT2D eigenvalue weighted by molar-refractivity contribution is 0.758. The quantitative estimate of drug-likeness (QED) is 0.709. The van der Waals surface area contributed by atoms with Crippen LogP contribution in [0.1, 0.15) is 20.3 Å². The first-order valence-corrected chi connectivity index (χ1v) is 4.06. The van der Waals surface area contributed by atoms with Gasteiger partial charge in [-0.1, -0.05) is 6.92 Å². The van der Waals surface area contributed by atoms with E-state index < -0.39 is 0 Å². The van der Waals surface area contributed by atoms with Crippen LogP contribution in [-0.2, 0) is 0 Å². The third-order valence-corrected chi connectivity index (χ3v) is 1.69. The second kappa shape index (κ2) is 3.90. The normalized spacial score (nSPS) is 12.5. The van der Waals surface area contributed by atoms with Crippen LogP contribution >= 0.6 is 0 Å². The Morgan fingerprint density at radius 3 is 2.92 bits per heavy atom. The first-order chi connectivity index (χ1) is 5.72. The molecule has 0 aliphatic carbocycles. The van der Waals surface area contributed by atoms with Crippen molar-refractivity contribution in [3.63, 3.8) is 0 Å². The van der Waals surface area contributed by atoms with Crippen LogP contribution in [0.2, 0.25) is 0 Å². The smallest absolute Gasteiger partial charge is 0.131 e. The zero-order chi connectivity index (χ0) is 8.97. The molecule has 4 heteroatoms. The van der Waals surface area contributed by atoms with E-state index in [0.29, 0.717) is 11.9 Å². The van der Waals surface area contributed by atoms with Crippen molar-refractivity contribution in [2.45, 2.75) is 26.3 Å². The van der Waals surface area contributed by atoms with Gasteiger partial charge in [0.05, 0.1) is 0 Å². The molecule has 1 aromatic rings. The van der Waals surface area contributed by atoms with Gasteiger partial charge in [-0.15, -0.1) is 0 Å². The standard InChI is InChI=1S/C8H14N4/c1-3-6(2)12-8-4-7(9)10-5-11-8/h4-6H,3H2,1-2H3,(H3,9,10,11,12)/t6-/m0/s1. The van der Waals surface area contributed by atoms with Crippen molar-refractivity contribution in [1.29, 1.82) is 0 Å². The van der Waals surface area contributed by atoms with E-state index in [1.54, 1.807) is 6.07 Å². The number of aromatic nitrogens is 2. The summed E-state index contributed by atoms with van der Waals surface area (Å²) in [6.07, 6.45) is 2.52. The largest absolute Gasteiger partial charge is 0.384 e. The number of nitrogens with zero attached hydrogens (tertiary/aromatic N) is 2. The predicted octanol–water partition coefficient (Wildman–Crippen LogP) is 1.27. The topological polar surface area (TPSA) is 63.8 Å². The molecule has 0 spiro atoms. The van der Waals surface area contributed by atoms with Crippen molar-refractivity contribution in [2.24, 2.45) is 0 Å². The molecule has 3 N–H and O–H groups in total. The van der Waals surface area contributed by atoms with Gasteiger partial charge in [-0.3, -0.25) is 0 Å². The number of hydrogen-bond donors (Lipinski definition) is 2. The first-order valence-electron chi connectivity index (χ1n) is 4.06. The Morgan fingerprint density at radius 2 is 2.33 bits per heavy atom. The van der Waals surface area contributed by atoms with Crippen LogP contribution in [0.3, 0.4) is 0 Å². The fraction of sp³-hybridized carbons (Fsp3) is 0.500. The molecule has 0 amide bonds. The Hall–Kier alpha value is -1.32. The summed E-state index contributed by atoms with van der Waals surface area (Å²) < 4.78 is 0. The third kappa shape index (κ3) is 2.38. The molecule has 1 rings (SSSR count). The molecular weight excluding hydrogens is 152 g/mol. The maximum atomic E-state index is 5.48. The van der Waals surface area contributed by atoms with Gasteiger partial charge in [-0.25, -0.2) is 9.97 Å². The Bertz CT molecular complexity index is 249. The first kappa shape index (κ1) is 8.77. The molecule has 1 atom stereocenters. The fourth-order valence-electron chi connectivity index (χ4n) is 0.806. The number of nitrogens with one attached hydrogen (secondary N) is 1. The van der Waals surface area contributed by atoms with E-state index in [1.807, 2.05) is 0 Å². The lowest BCUT2D eigenvalue weighted by atomic mass is 10.2. The number of nitrogens with two attached hydrogens (primary N) is 1.